The minimum Gasteiger partial charge on any atom is -0.302 e. The molecule has 0 aromatic heterocycles. The van der Waals surface area contributed by atoms with Gasteiger partial charge in [-0.05, 0) is 19.5 Å². The van der Waals surface area contributed by atoms with Gasteiger partial charge >= 0.3 is 0 Å². The van der Waals surface area contributed by atoms with Crippen LogP contribution in [0.5, 0.6) is 0 Å². The molecule has 0 aliphatic carbocycles. The molecular weight excluding hydrogens is 126 g/mol. The van der Waals surface area contributed by atoms with Crippen LogP contribution in [0.2, 0.25) is 0 Å². The van der Waals surface area contributed by atoms with E-state index in [-0.39, 0.29) is 11.5 Å². The summed E-state index contributed by atoms with van der Waals surface area (Å²) in [5.74, 6) is 0. The van der Waals surface area contributed by atoms with Crippen molar-refractivity contribution in [2.45, 2.75) is 26.8 Å². The normalized spacial score (nSPS) is 15.4. The van der Waals surface area contributed by atoms with Crippen molar-refractivity contribution in [1.29, 1.82) is 0 Å². The molecule has 1 atom stereocenters. The standard InChI is InChI=1S/C8H17NO/c1-8(2,3)7(6-10)9(4)5/h6-7H,1-5H3. The minimum absolute atomic E-state index is 0.0208. The number of carbonyl (C=O) groups excluding carboxylic acids is 1. The highest BCUT2D eigenvalue weighted by Gasteiger charge is 2.25. The van der Waals surface area contributed by atoms with Crippen LogP contribution in [0.25, 0.3) is 0 Å². The van der Waals surface area contributed by atoms with Crippen LogP contribution in [-0.4, -0.2) is 31.3 Å². The highest BCUT2D eigenvalue weighted by molar-refractivity contribution is 5.58. The molecule has 0 aromatic rings. The second-order valence-electron chi connectivity index (χ2n) is 3.91. The molecule has 0 saturated carbocycles. The first-order valence-electron chi connectivity index (χ1n) is 3.51. The van der Waals surface area contributed by atoms with Crippen molar-refractivity contribution < 1.29 is 4.79 Å². The van der Waals surface area contributed by atoms with Crippen LogP contribution in [0.1, 0.15) is 20.8 Å². The van der Waals surface area contributed by atoms with Gasteiger partial charge in [0.15, 0.2) is 0 Å². The van der Waals surface area contributed by atoms with E-state index in [1.165, 1.54) is 0 Å². The van der Waals surface area contributed by atoms with E-state index in [1.807, 2.05) is 19.0 Å². The first-order chi connectivity index (χ1) is 4.39. The van der Waals surface area contributed by atoms with Gasteiger partial charge in [-0.25, -0.2) is 0 Å². The minimum atomic E-state index is 0.0208. The van der Waals surface area contributed by atoms with E-state index in [4.69, 9.17) is 0 Å². The zero-order chi connectivity index (χ0) is 8.36. The highest BCUT2D eigenvalue weighted by Crippen LogP contribution is 2.20. The molecule has 0 spiro atoms. The van der Waals surface area contributed by atoms with Crippen LogP contribution in [0.4, 0.5) is 0 Å². The van der Waals surface area contributed by atoms with Gasteiger partial charge in [-0.2, -0.15) is 0 Å². The van der Waals surface area contributed by atoms with Crippen molar-refractivity contribution in [3.05, 3.63) is 0 Å². The summed E-state index contributed by atoms with van der Waals surface area (Å²) >= 11 is 0. The van der Waals surface area contributed by atoms with Crippen molar-refractivity contribution in [2.75, 3.05) is 14.1 Å². The van der Waals surface area contributed by atoms with Crippen LogP contribution in [0.3, 0.4) is 0 Å². The molecule has 0 radical (unpaired) electrons. The summed E-state index contributed by atoms with van der Waals surface area (Å²) in [6.45, 7) is 6.18. The fraction of sp³-hybridized carbons (Fsp3) is 0.875. The molecule has 2 nitrogen and oxygen atoms in total. The molecule has 0 N–H and O–H groups in total. The average Bonchev–Trinajstić information content (AvgIpc) is 1.60. The third-order valence-electron chi connectivity index (χ3n) is 1.57. The number of nitrogens with zero attached hydrogens (tertiary/aromatic N) is 1. The molecule has 2 heteroatoms. The maximum Gasteiger partial charge on any atom is 0.137 e. The Bertz CT molecular complexity index is 113. The molecule has 0 aromatic carbocycles. The molecule has 60 valence electrons. The van der Waals surface area contributed by atoms with Crippen LogP contribution < -0.4 is 0 Å². The van der Waals surface area contributed by atoms with Gasteiger partial charge < -0.3 is 4.79 Å². The second-order valence-corrected chi connectivity index (χ2v) is 3.91. The quantitative estimate of drug-likeness (QED) is 0.541. The van der Waals surface area contributed by atoms with Gasteiger partial charge in [0.1, 0.15) is 6.29 Å². The largest absolute Gasteiger partial charge is 0.302 e. The number of aldehydes is 1. The van der Waals surface area contributed by atoms with E-state index < -0.39 is 0 Å². The Balaban J connectivity index is 4.21. The lowest BCUT2D eigenvalue weighted by molar-refractivity contribution is -0.114. The SMILES string of the molecule is CN(C)C(C=O)C(C)(C)C. The topological polar surface area (TPSA) is 20.3 Å². The van der Waals surface area contributed by atoms with Crippen molar-refractivity contribution in [2.24, 2.45) is 5.41 Å². The molecule has 0 fully saturated rings. The van der Waals surface area contributed by atoms with Gasteiger partial charge in [-0.15, -0.1) is 0 Å². The Kier molecular flexibility index (Phi) is 3.03. The van der Waals surface area contributed by atoms with Gasteiger partial charge in [0.25, 0.3) is 0 Å². The zero-order valence-electron chi connectivity index (χ0n) is 7.51. The molecule has 0 saturated heterocycles. The third kappa shape index (κ3) is 2.48. The molecule has 0 aliphatic heterocycles. The van der Waals surface area contributed by atoms with E-state index in [1.54, 1.807) is 0 Å². The van der Waals surface area contributed by atoms with Crippen molar-refractivity contribution in [1.82, 2.24) is 4.90 Å². The van der Waals surface area contributed by atoms with E-state index in [0.29, 0.717) is 0 Å². The number of hydrogen-bond acceptors (Lipinski definition) is 2. The molecule has 1 unspecified atom stereocenters. The lowest BCUT2D eigenvalue weighted by atomic mass is 9.87. The summed E-state index contributed by atoms with van der Waals surface area (Å²) in [6, 6.07) is 0.0208. The van der Waals surface area contributed by atoms with E-state index in [9.17, 15) is 4.79 Å². The summed E-state index contributed by atoms with van der Waals surface area (Å²) in [6.07, 6.45) is 1.00. The number of hydrogen-bond donors (Lipinski definition) is 0. The fourth-order valence-electron chi connectivity index (χ4n) is 1.10. The molecule has 0 aliphatic rings. The van der Waals surface area contributed by atoms with E-state index >= 15 is 0 Å². The Labute approximate surface area is 63.2 Å². The zero-order valence-corrected chi connectivity index (χ0v) is 7.51. The third-order valence-corrected chi connectivity index (χ3v) is 1.57. The van der Waals surface area contributed by atoms with Crippen molar-refractivity contribution >= 4 is 6.29 Å². The summed E-state index contributed by atoms with van der Waals surface area (Å²) in [7, 11) is 3.84. The number of carbonyl (C=O) groups is 1. The number of likely N-dealkylation sites (N-methyl/N-ethyl adjacent to an activating group) is 1. The van der Waals surface area contributed by atoms with Crippen LogP contribution in [0, 0.1) is 5.41 Å². The van der Waals surface area contributed by atoms with Crippen molar-refractivity contribution in [3.8, 4) is 0 Å². The summed E-state index contributed by atoms with van der Waals surface area (Å²) in [4.78, 5) is 12.5. The molecule has 0 heterocycles. The smallest absolute Gasteiger partial charge is 0.137 e. The Morgan fingerprint density at radius 1 is 1.30 bits per heavy atom. The second kappa shape index (κ2) is 3.15. The average molecular weight is 143 g/mol. The van der Waals surface area contributed by atoms with E-state index in [0.717, 1.165) is 6.29 Å². The molecule has 10 heavy (non-hydrogen) atoms. The van der Waals surface area contributed by atoms with Crippen LogP contribution >= 0.6 is 0 Å². The Morgan fingerprint density at radius 2 is 1.70 bits per heavy atom. The fourth-order valence-corrected chi connectivity index (χ4v) is 1.10. The Hall–Kier alpha value is -0.370. The monoisotopic (exact) mass is 143 g/mol. The van der Waals surface area contributed by atoms with Gasteiger partial charge in [0.2, 0.25) is 0 Å². The predicted molar refractivity (Wildman–Crippen MR) is 43.0 cm³/mol. The predicted octanol–water partition coefficient (Wildman–Crippen LogP) is 1.16. The van der Waals surface area contributed by atoms with Crippen molar-refractivity contribution in [3.63, 3.8) is 0 Å². The lowest BCUT2D eigenvalue weighted by Crippen LogP contribution is -2.40. The molecular formula is C8H17NO. The van der Waals surface area contributed by atoms with Gasteiger partial charge in [0.05, 0.1) is 6.04 Å². The molecule has 0 rings (SSSR count). The van der Waals surface area contributed by atoms with Gasteiger partial charge in [-0.1, -0.05) is 20.8 Å². The maximum atomic E-state index is 10.6. The van der Waals surface area contributed by atoms with Gasteiger partial charge in [-0.3, -0.25) is 4.90 Å². The van der Waals surface area contributed by atoms with Crippen LogP contribution in [-0.2, 0) is 4.79 Å². The maximum absolute atomic E-state index is 10.6. The summed E-state index contributed by atoms with van der Waals surface area (Å²) < 4.78 is 0. The first-order valence-corrected chi connectivity index (χ1v) is 3.51. The van der Waals surface area contributed by atoms with E-state index in [2.05, 4.69) is 20.8 Å². The summed E-state index contributed by atoms with van der Waals surface area (Å²) in [5, 5.41) is 0. The highest BCUT2D eigenvalue weighted by atomic mass is 16.1. The first kappa shape index (κ1) is 9.63. The Morgan fingerprint density at radius 3 is 1.70 bits per heavy atom. The molecule has 0 bridgehead atoms. The van der Waals surface area contributed by atoms with Crippen LogP contribution in [0.15, 0.2) is 0 Å². The van der Waals surface area contributed by atoms with Gasteiger partial charge in [0, 0.05) is 0 Å². The lowest BCUT2D eigenvalue weighted by Gasteiger charge is -2.31. The summed E-state index contributed by atoms with van der Waals surface area (Å²) in [5.41, 5.74) is 0.0469. The number of rotatable bonds is 2. The molecule has 0 amide bonds.